The van der Waals surface area contributed by atoms with E-state index in [4.69, 9.17) is 0 Å². The van der Waals surface area contributed by atoms with Crippen molar-refractivity contribution in [3.05, 3.63) is 0 Å². The largest absolute Gasteiger partial charge is 0.199 e. The Morgan fingerprint density at radius 3 is 1.31 bits per heavy atom. The molecule has 0 aliphatic rings. The van der Waals surface area contributed by atoms with E-state index in [0.717, 1.165) is 15.2 Å². The van der Waals surface area contributed by atoms with Gasteiger partial charge in [-0.15, -0.1) is 34.5 Å². The van der Waals surface area contributed by atoms with Crippen LogP contribution in [0.5, 0.6) is 0 Å². The van der Waals surface area contributed by atoms with E-state index in [0.29, 0.717) is 0 Å². The summed E-state index contributed by atoms with van der Waals surface area (Å²) >= 11 is 0.799. The zero-order valence-corrected chi connectivity index (χ0v) is 15.0. The molecule has 97 valence electrons. The Kier molecular flexibility index (Phi) is 22.8. The fourth-order valence-corrected chi connectivity index (χ4v) is 3.37. The lowest BCUT2D eigenvalue weighted by Crippen LogP contribution is -1.90. The van der Waals surface area contributed by atoms with Gasteiger partial charge in [-0.25, -0.2) is 0 Å². The van der Waals surface area contributed by atoms with Crippen LogP contribution >= 0.6 is 24.0 Å². The topological polar surface area (TPSA) is 0 Å². The van der Waals surface area contributed by atoms with E-state index in [1.807, 2.05) is 0 Å². The fraction of sp³-hybridized carbons (Fsp3) is 1.00. The third-order valence-electron chi connectivity index (χ3n) is 3.02. The molecular weight excluding hydrogens is 322 g/mol. The van der Waals surface area contributed by atoms with E-state index >= 15 is 0 Å². The van der Waals surface area contributed by atoms with Crippen LogP contribution in [0, 0.1) is 0 Å². The summed E-state index contributed by atoms with van der Waals surface area (Å²) in [7, 11) is 0. The lowest BCUT2D eigenvalue weighted by Gasteiger charge is -2.00. The summed E-state index contributed by atoms with van der Waals surface area (Å²) < 4.78 is 0. The highest BCUT2D eigenvalue weighted by molar-refractivity contribution is 14.0. The molecule has 0 unspecified atom stereocenters. The normalized spacial score (nSPS) is 9.88. The summed E-state index contributed by atoms with van der Waals surface area (Å²) in [6.45, 7) is 4.59. The predicted molar refractivity (Wildman–Crippen MR) is 88.3 cm³/mol. The number of hydrogen-bond acceptors (Lipinski definition) is 0. The smallest absolute Gasteiger partial charge is 0.107 e. The summed E-state index contributed by atoms with van der Waals surface area (Å²) in [6.07, 6.45) is 14.6. The molecule has 0 nitrogen and oxygen atoms in total. The van der Waals surface area contributed by atoms with Crippen molar-refractivity contribution >= 4 is 39.2 Å². The first-order valence-electron chi connectivity index (χ1n) is 7.23. The minimum absolute atomic E-state index is 0. The van der Waals surface area contributed by atoms with Crippen molar-refractivity contribution < 1.29 is 0 Å². The van der Waals surface area contributed by atoms with E-state index in [2.05, 4.69) is 13.8 Å². The van der Waals surface area contributed by atoms with Crippen LogP contribution < -0.4 is 0 Å². The van der Waals surface area contributed by atoms with Crippen LogP contribution in [0.1, 0.15) is 78.1 Å². The Morgan fingerprint density at radius 1 is 0.562 bits per heavy atom. The van der Waals surface area contributed by atoms with Gasteiger partial charge in [0.05, 0.1) is 0 Å². The van der Waals surface area contributed by atoms with Gasteiger partial charge >= 0.3 is 0 Å². The van der Waals surface area contributed by atoms with Crippen molar-refractivity contribution in [3.63, 3.8) is 0 Å². The maximum absolute atomic E-state index is 2.29. The van der Waals surface area contributed by atoms with E-state index < -0.39 is 0 Å². The predicted octanol–water partition coefficient (Wildman–Crippen LogP) is 6.09. The molecule has 0 amide bonds. The Balaban J connectivity index is 0. The highest BCUT2D eigenvalue weighted by Crippen LogP contribution is 2.08. The maximum Gasteiger partial charge on any atom is 0.199 e. The summed E-state index contributed by atoms with van der Waals surface area (Å²) in [4.78, 5) is 0. The van der Waals surface area contributed by atoms with Crippen molar-refractivity contribution in [1.29, 1.82) is 0 Å². The lowest BCUT2D eigenvalue weighted by molar-refractivity contribution is 0.647. The fourth-order valence-electron chi connectivity index (χ4n) is 1.93. The molecule has 0 spiro atoms. The van der Waals surface area contributed by atoms with E-state index in [-0.39, 0.29) is 24.0 Å². The van der Waals surface area contributed by atoms with Gasteiger partial charge in [0.15, 0.2) is 15.2 Å². The van der Waals surface area contributed by atoms with Crippen molar-refractivity contribution in [2.45, 2.75) is 88.6 Å². The molecule has 0 aromatic heterocycles. The molecule has 0 saturated carbocycles. The molecule has 0 atom stereocenters. The molecule has 0 aliphatic carbocycles. The van der Waals surface area contributed by atoms with Crippen LogP contribution in [-0.2, 0) is 0 Å². The molecule has 0 aromatic rings. The second-order valence-corrected chi connectivity index (χ2v) is 6.43. The van der Waals surface area contributed by atoms with Crippen LogP contribution in [0.15, 0.2) is 0 Å². The third kappa shape index (κ3) is 17.7. The van der Waals surface area contributed by atoms with Gasteiger partial charge in [-0.1, -0.05) is 78.1 Å². The van der Waals surface area contributed by atoms with Gasteiger partial charge in [0.1, 0.15) is 0 Å². The molecule has 0 saturated heterocycles. The third-order valence-corrected chi connectivity index (χ3v) is 4.66. The minimum atomic E-state index is 0. The highest BCUT2D eigenvalue weighted by atomic mass is 127. The average molecular weight is 353 g/mol. The van der Waals surface area contributed by atoms with Crippen molar-refractivity contribution in [2.75, 3.05) is 0 Å². The number of rotatable bonds is 12. The summed E-state index contributed by atoms with van der Waals surface area (Å²) in [6, 6.07) is 0. The van der Waals surface area contributed by atoms with Gasteiger partial charge in [-0.3, -0.25) is 0 Å². The molecular formula is C14H31AlI. The first kappa shape index (κ1) is 19.6. The highest BCUT2D eigenvalue weighted by Gasteiger charge is 1.94. The molecule has 0 rings (SSSR count). The van der Waals surface area contributed by atoms with Gasteiger partial charge < -0.3 is 0 Å². The monoisotopic (exact) mass is 353 g/mol. The second-order valence-electron chi connectivity index (χ2n) is 4.69. The zero-order valence-electron chi connectivity index (χ0n) is 11.5. The number of hydrogen-bond donors (Lipinski definition) is 0. The Morgan fingerprint density at radius 2 is 0.938 bits per heavy atom. The Labute approximate surface area is 127 Å². The quantitative estimate of drug-likeness (QED) is 0.226. The van der Waals surface area contributed by atoms with Crippen molar-refractivity contribution in [2.24, 2.45) is 0 Å². The van der Waals surface area contributed by atoms with E-state index in [1.165, 1.54) is 64.2 Å². The molecule has 0 aromatic carbocycles. The molecule has 0 heterocycles. The molecule has 0 aliphatic heterocycles. The molecule has 0 N–H and O–H groups in total. The maximum atomic E-state index is 2.29. The lowest BCUT2D eigenvalue weighted by atomic mass is 10.2. The summed E-state index contributed by atoms with van der Waals surface area (Å²) in [5.41, 5.74) is 0. The molecule has 0 fully saturated rings. The van der Waals surface area contributed by atoms with Crippen molar-refractivity contribution in [1.82, 2.24) is 0 Å². The standard InChI is InChI=1S/2C7H15.Al.HI/c2*1-3-5-7-6-4-2;;/h2*1,3-7H2,2H3;;1H. The van der Waals surface area contributed by atoms with Gasteiger partial charge in [0, 0.05) is 0 Å². The van der Waals surface area contributed by atoms with Gasteiger partial charge in [-0.2, -0.15) is 0 Å². The molecule has 1 radical (unpaired) electrons. The zero-order chi connectivity index (χ0) is 11.2. The van der Waals surface area contributed by atoms with E-state index in [1.54, 1.807) is 10.6 Å². The number of halogens is 1. The second kappa shape index (κ2) is 18.6. The Bertz CT molecular complexity index is 94.9. The first-order chi connectivity index (χ1) is 7.41. The van der Waals surface area contributed by atoms with Crippen molar-refractivity contribution in [3.8, 4) is 0 Å². The number of unbranched alkanes of at least 4 members (excludes halogenated alkanes) is 8. The summed E-state index contributed by atoms with van der Waals surface area (Å²) in [5, 5.41) is 3.13. The summed E-state index contributed by atoms with van der Waals surface area (Å²) in [5.74, 6) is 0. The first-order valence-corrected chi connectivity index (χ1v) is 8.86. The van der Waals surface area contributed by atoms with Crippen LogP contribution in [0.4, 0.5) is 0 Å². The molecule has 16 heavy (non-hydrogen) atoms. The SMILES string of the molecule is CCCCCC[CH2][Al][CH2]CCCCCC.I. The van der Waals surface area contributed by atoms with E-state index in [9.17, 15) is 0 Å². The minimum Gasteiger partial charge on any atom is -0.107 e. The van der Waals surface area contributed by atoms with Crippen LogP contribution in [-0.4, -0.2) is 15.2 Å². The van der Waals surface area contributed by atoms with Gasteiger partial charge in [0.25, 0.3) is 0 Å². The van der Waals surface area contributed by atoms with Gasteiger partial charge in [0.2, 0.25) is 0 Å². The Hall–Kier alpha value is 1.26. The molecule has 2 heteroatoms. The van der Waals surface area contributed by atoms with Gasteiger partial charge in [-0.05, 0) is 0 Å². The molecule has 0 bridgehead atoms. The average Bonchev–Trinajstić information content (AvgIpc) is 2.26. The van der Waals surface area contributed by atoms with Crippen LogP contribution in [0.3, 0.4) is 0 Å². The van der Waals surface area contributed by atoms with Crippen LogP contribution in [0.25, 0.3) is 0 Å². The van der Waals surface area contributed by atoms with Crippen LogP contribution in [0.2, 0.25) is 10.6 Å².